The highest BCUT2D eigenvalue weighted by molar-refractivity contribution is 8.00. The number of carbonyl (C=O) groups excluding carboxylic acids is 1. The summed E-state index contributed by atoms with van der Waals surface area (Å²) in [6.45, 7) is 0. The van der Waals surface area contributed by atoms with Gasteiger partial charge < -0.3 is 0 Å². The fourth-order valence-electron chi connectivity index (χ4n) is 1.11. The smallest absolute Gasteiger partial charge is 0.243 e. The van der Waals surface area contributed by atoms with Crippen LogP contribution in [0.25, 0.3) is 0 Å². The summed E-state index contributed by atoms with van der Waals surface area (Å²) in [5.74, 6) is 2.52. The van der Waals surface area contributed by atoms with E-state index >= 15 is 0 Å². The number of amides is 1. The van der Waals surface area contributed by atoms with Gasteiger partial charge in [-0.25, -0.2) is 5.43 Å². The Labute approximate surface area is 76.0 Å². The van der Waals surface area contributed by atoms with Gasteiger partial charge in [0, 0.05) is 17.4 Å². The third-order valence-corrected chi connectivity index (χ3v) is 3.11. The number of thioether (sulfide) groups is 1. The summed E-state index contributed by atoms with van der Waals surface area (Å²) < 4.78 is 0. The number of nitrogens with one attached hydrogen (secondary N) is 1. The molecule has 0 unspecified atom stereocenters. The minimum atomic E-state index is 0.111. The zero-order chi connectivity index (χ0) is 8.39. The Morgan fingerprint density at radius 2 is 2.42 bits per heavy atom. The number of hydrogen-bond donors (Lipinski definition) is 1. The summed E-state index contributed by atoms with van der Waals surface area (Å²) in [6, 6.07) is 0. The highest BCUT2D eigenvalue weighted by Gasteiger charge is 2.29. The topological polar surface area (TPSA) is 41.5 Å². The average molecular weight is 184 g/mol. The third kappa shape index (κ3) is 2.00. The molecule has 1 N–H and O–H groups in total. The summed E-state index contributed by atoms with van der Waals surface area (Å²) in [5.41, 5.74) is 3.76. The summed E-state index contributed by atoms with van der Waals surface area (Å²) >= 11 is 1.88. The van der Waals surface area contributed by atoms with Crippen LogP contribution in [0.15, 0.2) is 5.10 Å². The van der Waals surface area contributed by atoms with Gasteiger partial charge in [-0.3, -0.25) is 4.79 Å². The zero-order valence-corrected chi connectivity index (χ0v) is 7.69. The molecule has 1 saturated heterocycles. The quantitative estimate of drug-likeness (QED) is 0.651. The Kier molecular flexibility index (Phi) is 2.35. The Hall–Kier alpha value is -0.510. The molecule has 2 aliphatic rings. The van der Waals surface area contributed by atoms with Crippen molar-refractivity contribution < 1.29 is 4.79 Å². The monoisotopic (exact) mass is 184 g/mol. The summed E-state index contributed by atoms with van der Waals surface area (Å²) in [6.07, 6.45) is 3.13. The van der Waals surface area contributed by atoms with E-state index in [-0.39, 0.29) is 11.8 Å². The van der Waals surface area contributed by atoms with Crippen LogP contribution in [0, 0.1) is 5.92 Å². The lowest BCUT2D eigenvalue weighted by atomic mass is 10.3. The van der Waals surface area contributed by atoms with Gasteiger partial charge in [0.05, 0.1) is 0 Å². The number of nitrogens with zero attached hydrogens (tertiary/aromatic N) is 1. The maximum atomic E-state index is 11.1. The van der Waals surface area contributed by atoms with Gasteiger partial charge in [0.2, 0.25) is 5.91 Å². The van der Waals surface area contributed by atoms with Crippen molar-refractivity contribution in [3.05, 3.63) is 0 Å². The summed E-state index contributed by atoms with van der Waals surface area (Å²) in [7, 11) is 0. The number of rotatable bonds is 2. The van der Waals surface area contributed by atoms with E-state index in [1.54, 1.807) is 0 Å². The predicted octanol–water partition coefficient (Wildman–Crippen LogP) is 1.01. The molecule has 1 aliphatic carbocycles. The van der Waals surface area contributed by atoms with Gasteiger partial charge in [0.15, 0.2) is 0 Å². The molecule has 0 bridgehead atoms. The van der Waals surface area contributed by atoms with Crippen molar-refractivity contribution in [2.45, 2.75) is 19.3 Å². The SMILES string of the molecule is O=C(N/N=C1/CCSC1)C1CC1. The van der Waals surface area contributed by atoms with Gasteiger partial charge in [-0.05, 0) is 25.0 Å². The fraction of sp³-hybridized carbons (Fsp3) is 0.750. The van der Waals surface area contributed by atoms with E-state index in [0.29, 0.717) is 0 Å². The molecule has 1 saturated carbocycles. The molecule has 0 aromatic rings. The molecule has 4 heteroatoms. The van der Waals surface area contributed by atoms with Crippen LogP contribution in [-0.4, -0.2) is 23.1 Å². The lowest BCUT2D eigenvalue weighted by Crippen LogP contribution is -2.20. The van der Waals surface area contributed by atoms with Crippen LogP contribution in [0.4, 0.5) is 0 Å². The maximum Gasteiger partial charge on any atom is 0.243 e. The lowest BCUT2D eigenvalue weighted by molar-refractivity contribution is -0.122. The molecular weight excluding hydrogens is 172 g/mol. The molecule has 0 atom stereocenters. The molecule has 2 fully saturated rings. The van der Waals surface area contributed by atoms with Crippen LogP contribution >= 0.6 is 11.8 Å². The largest absolute Gasteiger partial charge is 0.273 e. The molecule has 0 radical (unpaired) electrons. The van der Waals surface area contributed by atoms with E-state index in [9.17, 15) is 4.79 Å². The van der Waals surface area contributed by atoms with Crippen molar-refractivity contribution >= 4 is 23.4 Å². The summed E-state index contributed by atoms with van der Waals surface area (Å²) in [4.78, 5) is 11.1. The average Bonchev–Trinajstić information content (AvgIpc) is 2.80. The molecule has 66 valence electrons. The van der Waals surface area contributed by atoms with Crippen molar-refractivity contribution in [1.82, 2.24) is 5.43 Å². The van der Waals surface area contributed by atoms with Gasteiger partial charge >= 0.3 is 0 Å². The van der Waals surface area contributed by atoms with Crippen molar-refractivity contribution in [2.24, 2.45) is 11.0 Å². The van der Waals surface area contributed by atoms with Gasteiger partial charge in [-0.2, -0.15) is 16.9 Å². The normalized spacial score (nSPS) is 26.2. The Balaban J connectivity index is 1.78. The van der Waals surface area contributed by atoms with Crippen LogP contribution in [0.5, 0.6) is 0 Å². The first-order valence-corrected chi connectivity index (χ1v) is 5.45. The molecular formula is C8H12N2OS. The minimum Gasteiger partial charge on any atom is -0.273 e. The molecule has 1 amide bonds. The van der Waals surface area contributed by atoms with Crippen LogP contribution in [0.3, 0.4) is 0 Å². The van der Waals surface area contributed by atoms with E-state index in [1.807, 2.05) is 11.8 Å². The third-order valence-electron chi connectivity index (χ3n) is 2.08. The van der Waals surface area contributed by atoms with Crippen molar-refractivity contribution in [3.63, 3.8) is 0 Å². The standard InChI is InChI=1S/C8H12N2OS/c11-8(6-1-2-6)10-9-7-3-4-12-5-7/h6H,1-5H2,(H,10,11)/b9-7-. The van der Waals surface area contributed by atoms with Crippen LogP contribution in [-0.2, 0) is 4.79 Å². The number of carbonyl (C=O) groups is 1. The number of hydrazone groups is 1. The van der Waals surface area contributed by atoms with E-state index in [0.717, 1.165) is 36.5 Å². The van der Waals surface area contributed by atoms with Gasteiger partial charge in [-0.15, -0.1) is 0 Å². The van der Waals surface area contributed by atoms with Crippen LogP contribution in [0.2, 0.25) is 0 Å². The van der Waals surface area contributed by atoms with Crippen LogP contribution in [0.1, 0.15) is 19.3 Å². The van der Waals surface area contributed by atoms with Crippen molar-refractivity contribution in [2.75, 3.05) is 11.5 Å². The van der Waals surface area contributed by atoms with E-state index < -0.39 is 0 Å². The minimum absolute atomic E-state index is 0.111. The van der Waals surface area contributed by atoms with Gasteiger partial charge in [0.25, 0.3) is 0 Å². The Morgan fingerprint density at radius 1 is 1.58 bits per heavy atom. The number of hydrogen-bond acceptors (Lipinski definition) is 3. The summed E-state index contributed by atoms with van der Waals surface area (Å²) in [5, 5.41) is 4.08. The Morgan fingerprint density at radius 3 is 3.00 bits per heavy atom. The van der Waals surface area contributed by atoms with Crippen molar-refractivity contribution in [3.8, 4) is 0 Å². The molecule has 0 aromatic heterocycles. The van der Waals surface area contributed by atoms with Crippen molar-refractivity contribution in [1.29, 1.82) is 0 Å². The molecule has 12 heavy (non-hydrogen) atoms. The first-order valence-electron chi connectivity index (χ1n) is 4.29. The van der Waals surface area contributed by atoms with E-state index in [4.69, 9.17) is 0 Å². The molecule has 0 spiro atoms. The molecule has 3 nitrogen and oxygen atoms in total. The molecule has 1 aliphatic heterocycles. The van der Waals surface area contributed by atoms with Gasteiger partial charge in [-0.1, -0.05) is 0 Å². The molecule has 1 heterocycles. The Bertz CT molecular complexity index is 215. The maximum absolute atomic E-state index is 11.1. The first-order chi connectivity index (χ1) is 5.86. The molecule has 2 rings (SSSR count). The lowest BCUT2D eigenvalue weighted by Gasteiger charge is -1.97. The van der Waals surface area contributed by atoms with Gasteiger partial charge in [0.1, 0.15) is 0 Å². The molecule has 0 aromatic carbocycles. The highest BCUT2D eigenvalue weighted by Crippen LogP contribution is 2.28. The predicted molar refractivity (Wildman–Crippen MR) is 50.2 cm³/mol. The van der Waals surface area contributed by atoms with Crippen LogP contribution < -0.4 is 5.43 Å². The second-order valence-corrected chi connectivity index (χ2v) is 4.34. The second kappa shape index (κ2) is 3.47. The van der Waals surface area contributed by atoms with E-state index in [2.05, 4.69) is 10.5 Å². The zero-order valence-electron chi connectivity index (χ0n) is 6.88. The second-order valence-electron chi connectivity index (χ2n) is 3.23. The first kappa shape index (κ1) is 8.10. The van der Waals surface area contributed by atoms with E-state index in [1.165, 1.54) is 0 Å². The highest BCUT2D eigenvalue weighted by atomic mass is 32.2. The fourth-order valence-corrected chi connectivity index (χ4v) is 2.08.